The van der Waals surface area contributed by atoms with Crippen molar-refractivity contribution < 1.29 is 30.0 Å². The van der Waals surface area contributed by atoms with Crippen LogP contribution in [0.25, 0.3) is 55.2 Å². The van der Waals surface area contributed by atoms with Crippen molar-refractivity contribution in [2.75, 3.05) is 0 Å². The molecule has 5 aromatic carbocycles. The van der Waals surface area contributed by atoms with Gasteiger partial charge in [-0.3, -0.25) is 4.79 Å². The Bertz CT molecular complexity index is 2440. The van der Waals surface area contributed by atoms with Crippen molar-refractivity contribution in [1.82, 2.24) is 9.97 Å². The van der Waals surface area contributed by atoms with Crippen LogP contribution < -0.4 is 0 Å². The van der Waals surface area contributed by atoms with Crippen LogP contribution in [0.1, 0.15) is 63.8 Å². The standard InChI is InChI=1S/C29H20N.C11H8N.C11H20O2.Ir/c1-2-7-24-18(4-1)12-13-26-25(24)14-15-30-29(26)23-16-21-10-8-19-5-3-6-20-9-11-22(17-23)28(21)27(19)20;1-2-6-10(7-3-1)11-8-4-5-9-12-11;1-10(2,3)8(12)7-9(13)11(4,5)6;/h1-7,12-16H,8-11H2;1-6,8-9H;7,12H,1-6H3;/q2*-1;;/b;;8-7-;. The van der Waals surface area contributed by atoms with Crippen molar-refractivity contribution in [2.24, 2.45) is 10.8 Å². The van der Waals surface area contributed by atoms with Gasteiger partial charge in [0.05, 0.1) is 0 Å². The number of aliphatic hydroxyl groups excluding tert-OH is 1. The average molecular weight is 913 g/mol. The maximum absolute atomic E-state index is 11.5. The fraction of sp³-hybridized carbons (Fsp3) is 0.235. The van der Waals surface area contributed by atoms with E-state index < -0.39 is 5.41 Å². The Kier molecular flexibility index (Phi) is 12.2. The van der Waals surface area contributed by atoms with Gasteiger partial charge in [0.2, 0.25) is 0 Å². The van der Waals surface area contributed by atoms with Gasteiger partial charge in [-0.15, -0.1) is 64.7 Å². The summed E-state index contributed by atoms with van der Waals surface area (Å²) in [5.74, 6) is 0.104. The normalized spacial score (nSPS) is 13.0. The van der Waals surface area contributed by atoms with E-state index in [-0.39, 0.29) is 37.1 Å². The molecule has 5 heteroatoms. The fourth-order valence-corrected chi connectivity index (χ4v) is 7.23. The number of hydrogen-bond acceptors (Lipinski definition) is 4. The topological polar surface area (TPSA) is 63.1 Å². The number of hydrogen-bond donors (Lipinski definition) is 1. The van der Waals surface area contributed by atoms with Gasteiger partial charge in [-0.05, 0) is 81.9 Å². The van der Waals surface area contributed by atoms with Crippen LogP contribution in [0, 0.1) is 23.0 Å². The number of carbonyl (C=O) groups is 1. The van der Waals surface area contributed by atoms with Gasteiger partial charge in [0.25, 0.3) is 0 Å². The zero-order chi connectivity index (χ0) is 38.7. The van der Waals surface area contributed by atoms with Crippen molar-refractivity contribution in [2.45, 2.75) is 67.2 Å². The molecule has 0 fully saturated rings. The molecular weight excluding hydrogens is 865 g/mol. The average Bonchev–Trinajstić information content (AvgIpc) is 3.20. The maximum Gasteiger partial charge on any atom is 0.164 e. The molecule has 0 spiro atoms. The number of aryl methyl sites for hydroxylation is 4. The van der Waals surface area contributed by atoms with E-state index in [0.717, 1.165) is 48.2 Å². The second-order valence-electron chi connectivity index (χ2n) is 16.4. The Balaban J connectivity index is 0.000000171. The van der Waals surface area contributed by atoms with Gasteiger partial charge >= 0.3 is 0 Å². The molecule has 4 nitrogen and oxygen atoms in total. The van der Waals surface area contributed by atoms with Crippen LogP contribution in [0.15, 0.2) is 133 Å². The molecule has 0 amide bonds. The first-order chi connectivity index (χ1) is 26.4. The van der Waals surface area contributed by atoms with E-state index in [1.807, 2.05) is 90.2 Å². The van der Waals surface area contributed by atoms with Crippen LogP contribution in [0.4, 0.5) is 0 Å². The summed E-state index contributed by atoms with van der Waals surface area (Å²) >= 11 is 0. The smallest absolute Gasteiger partial charge is 0.164 e. The van der Waals surface area contributed by atoms with Gasteiger partial charge in [-0.1, -0.05) is 119 Å². The maximum atomic E-state index is 11.5. The summed E-state index contributed by atoms with van der Waals surface area (Å²) in [5, 5.41) is 14.6. The molecule has 2 aliphatic carbocycles. The molecule has 0 aliphatic heterocycles. The quantitative estimate of drug-likeness (QED) is 0.0830. The third-order valence-electron chi connectivity index (χ3n) is 10.4. The van der Waals surface area contributed by atoms with E-state index in [1.54, 1.807) is 6.20 Å². The zero-order valence-electron chi connectivity index (χ0n) is 33.0. The molecule has 0 unspecified atom stereocenters. The molecule has 0 saturated heterocycles. The van der Waals surface area contributed by atoms with Gasteiger partial charge in [0.15, 0.2) is 5.78 Å². The minimum atomic E-state index is -0.417. The van der Waals surface area contributed by atoms with Crippen molar-refractivity contribution >= 4 is 27.3 Å². The second-order valence-corrected chi connectivity index (χ2v) is 16.4. The number of benzene rings is 5. The molecular formula is C51H48IrN2O2-2. The Morgan fingerprint density at radius 2 is 1.36 bits per heavy atom. The number of nitrogens with zero attached hydrogens (tertiary/aromatic N) is 2. The van der Waals surface area contributed by atoms with Crippen LogP contribution in [0.5, 0.6) is 0 Å². The molecule has 7 aromatic rings. The Morgan fingerprint density at radius 1 is 0.643 bits per heavy atom. The molecule has 0 atom stereocenters. The third-order valence-corrected chi connectivity index (χ3v) is 10.4. The van der Waals surface area contributed by atoms with E-state index in [1.165, 1.54) is 61.0 Å². The third kappa shape index (κ3) is 8.76. The summed E-state index contributed by atoms with van der Waals surface area (Å²) in [5.41, 5.74) is 12.3. The minimum absolute atomic E-state index is 0. The number of aromatic nitrogens is 2. The molecule has 2 aliphatic rings. The number of rotatable bonds is 3. The van der Waals surface area contributed by atoms with Gasteiger partial charge in [-0.2, -0.15) is 0 Å². The first-order valence-electron chi connectivity index (χ1n) is 19.2. The van der Waals surface area contributed by atoms with Crippen LogP contribution >= 0.6 is 0 Å². The number of carbonyl (C=O) groups excluding carboxylic acids is 1. The second kappa shape index (κ2) is 16.9. The Labute approximate surface area is 345 Å². The van der Waals surface area contributed by atoms with Crippen LogP contribution in [0.2, 0.25) is 0 Å². The predicted octanol–water partition coefficient (Wildman–Crippen LogP) is 12.4. The summed E-state index contributed by atoms with van der Waals surface area (Å²) in [6, 6.07) is 45.0. The van der Waals surface area contributed by atoms with Gasteiger partial charge < -0.3 is 15.1 Å². The zero-order valence-corrected chi connectivity index (χ0v) is 35.4. The van der Waals surface area contributed by atoms with E-state index in [4.69, 9.17) is 4.98 Å². The van der Waals surface area contributed by atoms with Crippen molar-refractivity contribution in [1.29, 1.82) is 0 Å². The van der Waals surface area contributed by atoms with Crippen LogP contribution in [-0.4, -0.2) is 20.9 Å². The number of allylic oxidation sites excluding steroid dienone is 2. The molecule has 0 bridgehead atoms. The first kappa shape index (κ1) is 40.4. The number of pyridine rings is 2. The van der Waals surface area contributed by atoms with E-state index >= 15 is 0 Å². The molecule has 285 valence electrons. The molecule has 1 radical (unpaired) electrons. The van der Waals surface area contributed by atoms with E-state index in [9.17, 15) is 9.90 Å². The molecule has 2 aromatic heterocycles. The summed E-state index contributed by atoms with van der Waals surface area (Å²) in [7, 11) is 0. The minimum Gasteiger partial charge on any atom is -0.512 e. The van der Waals surface area contributed by atoms with Gasteiger partial charge in [-0.25, -0.2) is 0 Å². The fourth-order valence-electron chi connectivity index (χ4n) is 7.23. The molecule has 0 saturated carbocycles. The largest absolute Gasteiger partial charge is 0.512 e. The Hall–Kier alpha value is -5.22. The molecule has 56 heavy (non-hydrogen) atoms. The van der Waals surface area contributed by atoms with Crippen LogP contribution in [-0.2, 0) is 50.6 Å². The summed E-state index contributed by atoms with van der Waals surface area (Å²) < 4.78 is 0. The van der Waals surface area contributed by atoms with Crippen molar-refractivity contribution in [3.8, 4) is 33.6 Å². The first-order valence-corrected chi connectivity index (χ1v) is 19.2. The summed E-state index contributed by atoms with van der Waals surface area (Å²) in [6.45, 7) is 11.1. The SMILES string of the molecule is CC(C)(C)C(=O)/C=C(\O)C(C)(C)C.[Ir].[c-]1c(-c2nccc3c2ccc2ccccc23)cc2c3c1CCc1cccc(c1-3)CC2.[c-]1ccccc1-c1ccccn1. The Morgan fingerprint density at radius 3 is 2.05 bits per heavy atom. The predicted molar refractivity (Wildman–Crippen MR) is 227 cm³/mol. The van der Waals surface area contributed by atoms with E-state index in [2.05, 4.69) is 83.8 Å². The monoisotopic (exact) mass is 913 g/mol. The molecule has 9 rings (SSSR count). The van der Waals surface area contributed by atoms with Crippen molar-refractivity contribution in [3.05, 3.63) is 168 Å². The van der Waals surface area contributed by atoms with Crippen LogP contribution in [0.3, 0.4) is 0 Å². The summed E-state index contributed by atoms with van der Waals surface area (Å²) in [4.78, 5) is 20.5. The van der Waals surface area contributed by atoms with Crippen molar-refractivity contribution in [3.63, 3.8) is 0 Å². The number of ketones is 1. The van der Waals surface area contributed by atoms with E-state index in [0.29, 0.717) is 0 Å². The number of aliphatic hydroxyl groups is 1. The molecule has 1 N–H and O–H groups in total. The summed E-state index contributed by atoms with van der Waals surface area (Å²) in [6.07, 6.45) is 9.50. The van der Waals surface area contributed by atoms with Gasteiger partial charge in [0, 0.05) is 49.4 Å². The molecule has 2 heterocycles. The number of fused-ring (bicyclic) bond motifs is 3. The van der Waals surface area contributed by atoms with Gasteiger partial charge in [0.1, 0.15) is 5.76 Å².